The van der Waals surface area contributed by atoms with Crippen molar-refractivity contribution < 1.29 is 9.09 Å². The van der Waals surface area contributed by atoms with Gasteiger partial charge in [0.2, 0.25) is 0 Å². The Morgan fingerprint density at radius 1 is 1.33 bits per heavy atom. The van der Waals surface area contributed by atoms with E-state index in [-0.39, 0.29) is 6.04 Å². The molecule has 84 valence electrons. The third-order valence-corrected chi connectivity index (χ3v) is 4.92. The van der Waals surface area contributed by atoms with Crippen molar-refractivity contribution >= 4 is 7.52 Å². The van der Waals surface area contributed by atoms with Gasteiger partial charge in [0.05, 0.1) is 0 Å². The van der Waals surface area contributed by atoms with Crippen molar-refractivity contribution in [3.63, 3.8) is 0 Å². The first kappa shape index (κ1) is 12.4. The standard InChI is InChI=1S/C11H18NO2P/c1-10(11-8-6-5-7-9-11)12(2)15(4,13)14-3/h5-10H,1-4H3/t10-,15?/m0/s1. The Morgan fingerprint density at radius 2 is 1.87 bits per heavy atom. The first-order valence-corrected chi connectivity index (χ1v) is 6.93. The molecule has 1 aromatic carbocycles. The summed E-state index contributed by atoms with van der Waals surface area (Å²) in [6.07, 6.45) is 0. The maximum absolute atomic E-state index is 12.0. The molecule has 0 N–H and O–H groups in total. The molecule has 0 heterocycles. The van der Waals surface area contributed by atoms with Crippen LogP contribution in [0, 0.1) is 0 Å². The van der Waals surface area contributed by atoms with Gasteiger partial charge >= 0.3 is 0 Å². The van der Waals surface area contributed by atoms with E-state index in [2.05, 4.69) is 0 Å². The third-order valence-electron chi connectivity index (χ3n) is 2.75. The summed E-state index contributed by atoms with van der Waals surface area (Å²) in [6.45, 7) is 3.65. The van der Waals surface area contributed by atoms with Gasteiger partial charge in [-0.3, -0.25) is 4.57 Å². The van der Waals surface area contributed by atoms with Crippen LogP contribution in [-0.2, 0) is 9.09 Å². The minimum absolute atomic E-state index is 0.0852. The quantitative estimate of drug-likeness (QED) is 0.740. The third kappa shape index (κ3) is 2.91. The zero-order valence-electron chi connectivity index (χ0n) is 9.68. The smallest absolute Gasteiger partial charge is 0.269 e. The summed E-state index contributed by atoms with van der Waals surface area (Å²) >= 11 is 0. The van der Waals surface area contributed by atoms with Crippen LogP contribution >= 0.6 is 7.52 Å². The zero-order valence-corrected chi connectivity index (χ0v) is 10.6. The molecule has 0 bridgehead atoms. The monoisotopic (exact) mass is 227 g/mol. The maximum Gasteiger partial charge on any atom is 0.269 e. The van der Waals surface area contributed by atoms with Crippen LogP contribution in [0.1, 0.15) is 18.5 Å². The van der Waals surface area contributed by atoms with Gasteiger partial charge in [-0.15, -0.1) is 0 Å². The van der Waals surface area contributed by atoms with E-state index in [0.717, 1.165) is 5.56 Å². The molecule has 0 spiro atoms. The van der Waals surface area contributed by atoms with Crippen LogP contribution in [0.5, 0.6) is 0 Å². The van der Waals surface area contributed by atoms with Crippen LogP contribution in [0.2, 0.25) is 0 Å². The van der Waals surface area contributed by atoms with Gasteiger partial charge in [0.15, 0.2) is 0 Å². The molecule has 0 aliphatic carbocycles. The van der Waals surface area contributed by atoms with Crippen molar-refractivity contribution in [1.29, 1.82) is 0 Å². The summed E-state index contributed by atoms with van der Waals surface area (Å²) < 4.78 is 18.8. The summed E-state index contributed by atoms with van der Waals surface area (Å²) in [5.41, 5.74) is 1.14. The predicted octanol–water partition coefficient (Wildman–Crippen LogP) is 3.15. The van der Waals surface area contributed by atoms with Gasteiger partial charge in [-0.2, -0.15) is 0 Å². The van der Waals surface area contributed by atoms with Crippen LogP contribution in [0.4, 0.5) is 0 Å². The topological polar surface area (TPSA) is 29.5 Å². The molecular weight excluding hydrogens is 209 g/mol. The maximum atomic E-state index is 12.0. The highest BCUT2D eigenvalue weighted by molar-refractivity contribution is 7.55. The average molecular weight is 227 g/mol. The Hall–Kier alpha value is -0.630. The van der Waals surface area contributed by atoms with Crippen LogP contribution < -0.4 is 0 Å². The van der Waals surface area contributed by atoms with Crippen molar-refractivity contribution in [2.24, 2.45) is 0 Å². The molecule has 15 heavy (non-hydrogen) atoms. The first-order chi connectivity index (χ1) is 6.99. The molecule has 3 nitrogen and oxygen atoms in total. The lowest BCUT2D eigenvalue weighted by atomic mass is 10.1. The summed E-state index contributed by atoms with van der Waals surface area (Å²) in [5, 5.41) is 0. The number of rotatable bonds is 4. The van der Waals surface area contributed by atoms with Crippen LogP contribution in [0.15, 0.2) is 30.3 Å². The molecule has 2 atom stereocenters. The van der Waals surface area contributed by atoms with Crippen molar-refractivity contribution in [2.45, 2.75) is 13.0 Å². The number of hydrogen-bond acceptors (Lipinski definition) is 2. The van der Waals surface area contributed by atoms with E-state index in [1.54, 1.807) is 11.3 Å². The second kappa shape index (κ2) is 4.93. The van der Waals surface area contributed by atoms with E-state index >= 15 is 0 Å². The molecule has 1 unspecified atom stereocenters. The molecule has 4 heteroatoms. The molecular formula is C11H18NO2P. The molecule has 0 aliphatic rings. The normalized spacial score (nSPS) is 17.4. The molecule has 1 aromatic rings. The lowest BCUT2D eigenvalue weighted by molar-refractivity contribution is 0.303. The summed E-state index contributed by atoms with van der Waals surface area (Å²) in [4.78, 5) is 0. The van der Waals surface area contributed by atoms with Gasteiger partial charge in [-0.25, -0.2) is 4.67 Å². The van der Waals surface area contributed by atoms with E-state index in [1.807, 2.05) is 44.3 Å². The van der Waals surface area contributed by atoms with Gasteiger partial charge < -0.3 is 4.52 Å². The van der Waals surface area contributed by atoms with Gasteiger partial charge in [0.1, 0.15) is 0 Å². The highest BCUT2D eigenvalue weighted by atomic mass is 31.2. The zero-order chi connectivity index (χ0) is 11.5. The van der Waals surface area contributed by atoms with E-state index in [4.69, 9.17) is 4.52 Å². The Balaban J connectivity index is 2.87. The molecule has 0 aliphatic heterocycles. The van der Waals surface area contributed by atoms with Crippen molar-refractivity contribution in [3.8, 4) is 0 Å². The van der Waals surface area contributed by atoms with Gasteiger partial charge in [-0.05, 0) is 19.5 Å². The molecule has 0 radical (unpaired) electrons. The SMILES string of the molecule is COP(C)(=O)N(C)[C@@H](C)c1ccccc1. The second-order valence-corrected chi connectivity index (χ2v) is 6.25. The van der Waals surface area contributed by atoms with E-state index < -0.39 is 7.52 Å². The van der Waals surface area contributed by atoms with Crippen LogP contribution in [-0.4, -0.2) is 25.5 Å². The molecule has 0 amide bonds. The highest BCUT2D eigenvalue weighted by Gasteiger charge is 2.26. The summed E-state index contributed by atoms with van der Waals surface area (Å²) in [6, 6.07) is 10.1. The average Bonchev–Trinajstić information content (AvgIpc) is 2.28. The Morgan fingerprint density at radius 3 is 2.33 bits per heavy atom. The molecule has 0 fully saturated rings. The lowest BCUT2D eigenvalue weighted by Gasteiger charge is -2.29. The van der Waals surface area contributed by atoms with E-state index in [1.165, 1.54) is 7.11 Å². The van der Waals surface area contributed by atoms with Gasteiger partial charge in [0.25, 0.3) is 7.52 Å². The Labute approximate surface area is 91.6 Å². The number of benzene rings is 1. The summed E-state index contributed by atoms with van der Waals surface area (Å²) in [5.74, 6) is 0. The van der Waals surface area contributed by atoms with Crippen molar-refractivity contribution in [3.05, 3.63) is 35.9 Å². The molecule has 1 rings (SSSR count). The van der Waals surface area contributed by atoms with Crippen molar-refractivity contribution in [1.82, 2.24) is 4.67 Å². The minimum atomic E-state index is -2.65. The van der Waals surface area contributed by atoms with E-state index in [0.29, 0.717) is 0 Å². The van der Waals surface area contributed by atoms with Crippen LogP contribution in [0.3, 0.4) is 0 Å². The minimum Gasteiger partial charge on any atom is -0.321 e. The summed E-state index contributed by atoms with van der Waals surface area (Å²) in [7, 11) is 0.650. The molecule has 0 aromatic heterocycles. The lowest BCUT2D eigenvalue weighted by Crippen LogP contribution is -2.19. The fourth-order valence-corrected chi connectivity index (χ4v) is 2.41. The fraction of sp³-hybridized carbons (Fsp3) is 0.455. The molecule has 0 saturated carbocycles. The fourth-order valence-electron chi connectivity index (χ4n) is 1.39. The first-order valence-electron chi connectivity index (χ1n) is 4.90. The predicted molar refractivity (Wildman–Crippen MR) is 63.2 cm³/mol. The Bertz CT molecular complexity index is 353. The highest BCUT2D eigenvalue weighted by Crippen LogP contribution is 2.49. The van der Waals surface area contributed by atoms with Gasteiger partial charge in [0, 0.05) is 19.8 Å². The largest absolute Gasteiger partial charge is 0.321 e. The Kier molecular flexibility index (Phi) is 4.09. The molecule has 0 saturated heterocycles. The number of nitrogens with zero attached hydrogens (tertiary/aromatic N) is 1. The second-order valence-electron chi connectivity index (χ2n) is 3.65. The van der Waals surface area contributed by atoms with E-state index in [9.17, 15) is 4.57 Å². The van der Waals surface area contributed by atoms with Crippen LogP contribution in [0.25, 0.3) is 0 Å². The van der Waals surface area contributed by atoms with Crippen molar-refractivity contribution in [2.75, 3.05) is 20.8 Å². The van der Waals surface area contributed by atoms with Gasteiger partial charge in [-0.1, -0.05) is 30.3 Å². The number of hydrogen-bond donors (Lipinski definition) is 0.